The molecule has 0 radical (unpaired) electrons. The van der Waals surface area contributed by atoms with E-state index in [0.29, 0.717) is 16.1 Å². The predicted molar refractivity (Wildman–Crippen MR) is 112 cm³/mol. The van der Waals surface area contributed by atoms with E-state index in [0.717, 1.165) is 10.0 Å². The lowest BCUT2D eigenvalue weighted by molar-refractivity contribution is -0.127. The van der Waals surface area contributed by atoms with E-state index in [1.165, 1.54) is 36.3 Å². The first kappa shape index (κ1) is 20.5. The minimum Gasteiger partial charge on any atom is -0.494 e. The second-order valence-corrected chi connectivity index (χ2v) is 8.73. The second kappa shape index (κ2) is 9.31. The van der Waals surface area contributed by atoms with Crippen LogP contribution in [0.25, 0.3) is 5.69 Å². The van der Waals surface area contributed by atoms with E-state index in [-0.39, 0.29) is 17.4 Å². The summed E-state index contributed by atoms with van der Waals surface area (Å²) >= 11 is 8.08. The van der Waals surface area contributed by atoms with Gasteiger partial charge in [0.05, 0.1) is 18.6 Å². The first-order valence-corrected chi connectivity index (χ1v) is 10.5. The van der Waals surface area contributed by atoms with Crippen LogP contribution in [0.3, 0.4) is 0 Å². The third kappa shape index (κ3) is 4.98. The molecule has 9 heteroatoms. The summed E-state index contributed by atoms with van der Waals surface area (Å²) < 4.78 is 21.8. The van der Waals surface area contributed by atoms with Crippen molar-refractivity contribution < 1.29 is 13.9 Å². The van der Waals surface area contributed by atoms with E-state index in [1.807, 2.05) is 30.3 Å². The molecule has 0 unspecified atom stereocenters. The Hall–Kier alpha value is -2.23. The third-order valence-electron chi connectivity index (χ3n) is 3.91. The van der Waals surface area contributed by atoms with Crippen molar-refractivity contribution in [3.63, 3.8) is 0 Å². The highest BCUT2D eigenvalue weighted by molar-refractivity contribution is 8.01. The molecule has 0 aliphatic heterocycles. The third-order valence-corrected chi connectivity index (χ3v) is 6.26. The molecule has 2 aromatic carbocycles. The Labute approximate surface area is 175 Å². The molecule has 0 saturated carbocycles. The number of carbonyl (C=O) groups is 1. The van der Waals surface area contributed by atoms with Gasteiger partial charge in [-0.1, -0.05) is 47.4 Å². The summed E-state index contributed by atoms with van der Waals surface area (Å²) in [5.74, 6) is -0.106. The summed E-state index contributed by atoms with van der Waals surface area (Å²) in [4.78, 5) is 14.0. The van der Waals surface area contributed by atoms with Gasteiger partial charge in [0.1, 0.15) is 0 Å². The summed E-state index contributed by atoms with van der Waals surface area (Å²) in [5.41, 5.74) is 1.59. The van der Waals surface area contributed by atoms with Gasteiger partial charge >= 0.3 is 0 Å². The van der Waals surface area contributed by atoms with Crippen LogP contribution in [-0.2, 0) is 11.3 Å². The zero-order valence-corrected chi connectivity index (χ0v) is 17.7. The highest BCUT2D eigenvalue weighted by Gasteiger charge is 2.14. The molecule has 28 heavy (non-hydrogen) atoms. The van der Waals surface area contributed by atoms with Crippen molar-refractivity contribution in [2.24, 2.45) is 0 Å². The fourth-order valence-electron chi connectivity index (χ4n) is 2.46. The average Bonchev–Trinajstić information content (AvgIpc) is 3.07. The van der Waals surface area contributed by atoms with E-state index >= 15 is 0 Å². The topological polar surface area (TPSA) is 47.4 Å². The van der Waals surface area contributed by atoms with Crippen LogP contribution in [0.2, 0.25) is 0 Å². The number of para-hydroxylation sites is 1. The van der Waals surface area contributed by atoms with Gasteiger partial charge in [-0.05, 0) is 42.0 Å². The summed E-state index contributed by atoms with van der Waals surface area (Å²) in [7, 11) is 3.11. The van der Waals surface area contributed by atoms with Crippen LogP contribution >= 0.6 is 35.3 Å². The number of hydrogen-bond acceptors (Lipinski definition) is 6. The molecule has 0 aliphatic rings. The molecule has 146 valence electrons. The molecule has 5 nitrogen and oxygen atoms in total. The predicted octanol–water partition coefficient (Wildman–Crippen LogP) is 4.56. The quantitative estimate of drug-likeness (QED) is 0.402. The fraction of sp³-hybridized carbons (Fsp3) is 0.211. The molecule has 3 rings (SSSR count). The molecule has 1 heterocycles. The van der Waals surface area contributed by atoms with Gasteiger partial charge in [0.15, 0.2) is 19.9 Å². The van der Waals surface area contributed by atoms with E-state index < -0.39 is 5.82 Å². The van der Waals surface area contributed by atoms with Gasteiger partial charge in [-0.25, -0.2) is 9.07 Å². The van der Waals surface area contributed by atoms with E-state index in [4.69, 9.17) is 17.0 Å². The standard InChI is InChI=1S/C19H18FN3O2S3/c1-22(11-13-8-9-16(25-2)15(20)10-13)17(24)12-27-18-21-23(19(26)28-18)14-6-4-3-5-7-14/h3-10H,11-12H2,1-2H3. The monoisotopic (exact) mass is 435 g/mol. The van der Waals surface area contributed by atoms with Crippen molar-refractivity contribution in [1.29, 1.82) is 0 Å². The molecule has 0 aliphatic carbocycles. The normalized spacial score (nSPS) is 10.7. The number of nitrogens with zero attached hydrogens (tertiary/aromatic N) is 3. The molecule has 0 N–H and O–H groups in total. The molecule has 3 aromatic rings. The van der Waals surface area contributed by atoms with Crippen LogP contribution in [0.4, 0.5) is 4.39 Å². The maximum Gasteiger partial charge on any atom is 0.233 e. The van der Waals surface area contributed by atoms with Crippen LogP contribution in [0.1, 0.15) is 5.56 Å². The summed E-state index contributed by atoms with van der Waals surface area (Å²) in [6, 6.07) is 14.3. The van der Waals surface area contributed by atoms with Gasteiger partial charge in [-0.15, -0.1) is 5.10 Å². The summed E-state index contributed by atoms with van der Waals surface area (Å²) in [5, 5.41) is 4.49. The molecule has 0 saturated heterocycles. The zero-order valence-electron chi connectivity index (χ0n) is 15.3. The molecule has 1 aromatic heterocycles. The van der Waals surface area contributed by atoms with Crippen LogP contribution in [-0.4, -0.2) is 40.5 Å². The maximum absolute atomic E-state index is 13.8. The average molecular weight is 436 g/mol. The van der Waals surface area contributed by atoms with Gasteiger partial charge in [0, 0.05) is 13.6 Å². The van der Waals surface area contributed by atoms with Crippen molar-refractivity contribution in [3.05, 3.63) is 63.9 Å². The number of hydrogen-bond donors (Lipinski definition) is 0. The second-order valence-electron chi connectivity index (χ2n) is 5.89. The Morgan fingerprint density at radius 2 is 2.07 bits per heavy atom. The highest BCUT2D eigenvalue weighted by Crippen LogP contribution is 2.24. The molecule has 0 bridgehead atoms. The molecular weight excluding hydrogens is 417 g/mol. The first-order chi connectivity index (χ1) is 13.5. The summed E-state index contributed by atoms with van der Waals surface area (Å²) in [6.45, 7) is 0.314. The van der Waals surface area contributed by atoms with Crippen LogP contribution in [0.5, 0.6) is 5.75 Å². The Morgan fingerprint density at radius 3 is 2.75 bits per heavy atom. The number of methoxy groups -OCH3 is 1. The van der Waals surface area contributed by atoms with Crippen molar-refractivity contribution in [2.75, 3.05) is 19.9 Å². The van der Waals surface area contributed by atoms with E-state index in [1.54, 1.807) is 28.8 Å². The van der Waals surface area contributed by atoms with Gasteiger partial charge < -0.3 is 9.64 Å². The number of aromatic nitrogens is 2. The Balaban J connectivity index is 1.59. The number of carbonyl (C=O) groups excluding carboxylic acids is 1. The molecule has 0 fully saturated rings. The van der Waals surface area contributed by atoms with Crippen LogP contribution in [0.15, 0.2) is 52.9 Å². The van der Waals surface area contributed by atoms with Gasteiger partial charge in [-0.3, -0.25) is 4.79 Å². The largest absolute Gasteiger partial charge is 0.494 e. The van der Waals surface area contributed by atoms with Gasteiger partial charge in [0.2, 0.25) is 5.91 Å². The number of amides is 1. The molecular formula is C19H18FN3O2S3. The van der Waals surface area contributed by atoms with Crippen LogP contribution in [0, 0.1) is 9.77 Å². The first-order valence-electron chi connectivity index (χ1n) is 8.32. The van der Waals surface area contributed by atoms with Gasteiger partial charge in [0.25, 0.3) is 0 Å². The van der Waals surface area contributed by atoms with Crippen molar-refractivity contribution in [3.8, 4) is 11.4 Å². The van der Waals surface area contributed by atoms with Crippen LogP contribution < -0.4 is 4.74 Å². The van der Waals surface area contributed by atoms with Crippen molar-refractivity contribution in [2.45, 2.75) is 10.9 Å². The van der Waals surface area contributed by atoms with Crippen molar-refractivity contribution >= 4 is 41.2 Å². The number of ether oxygens (including phenoxy) is 1. The lowest BCUT2D eigenvalue weighted by atomic mass is 10.2. The Bertz CT molecular complexity index is 1020. The minimum atomic E-state index is -0.443. The molecule has 0 atom stereocenters. The molecule has 1 amide bonds. The number of thioether (sulfide) groups is 1. The summed E-state index contributed by atoms with van der Waals surface area (Å²) in [6.07, 6.45) is 0. The fourth-order valence-corrected chi connectivity index (χ4v) is 4.76. The zero-order chi connectivity index (χ0) is 20.1. The van der Waals surface area contributed by atoms with E-state index in [2.05, 4.69) is 5.10 Å². The van der Waals surface area contributed by atoms with E-state index in [9.17, 15) is 9.18 Å². The van der Waals surface area contributed by atoms with Crippen molar-refractivity contribution in [1.82, 2.24) is 14.7 Å². The number of benzene rings is 2. The Morgan fingerprint density at radius 1 is 1.32 bits per heavy atom. The minimum absolute atomic E-state index is 0.0754. The lowest BCUT2D eigenvalue weighted by Gasteiger charge is -2.17. The number of rotatable bonds is 7. The Kier molecular flexibility index (Phi) is 6.82. The van der Waals surface area contributed by atoms with Gasteiger partial charge in [-0.2, -0.15) is 0 Å². The maximum atomic E-state index is 13.8. The lowest BCUT2D eigenvalue weighted by Crippen LogP contribution is -2.27. The smallest absolute Gasteiger partial charge is 0.233 e. The number of halogens is 1. The SMILES string of the molecule is COc1ccc(CN(C)C(=O)CSc2nn(-c3ccccc3)c(=S)s2)cc1F. The molecule has 0 spiro atoms. The highest BCUT2D eigenvalue weighted by atomic mass is 32.2.